The summed E-state index contributed by atoms with van der Waals surface area (Å²) in [6.07, 6.45) is 3.59. The Morgan fingerprint density at radius 3 is 2.75 bits per heavy atom. The minimum atomic E-state index is 0.641. The number of aromatic nitrogens is 4. The number of nitrogens with two attached hydrogens (primary N) is 1. The van der Waals surface area contributed by atoms with Gasteiger partial charge < -0.3 is 14.8 Å². The van der Waals surface area contributed by atoms with Crippen molar-refractivity contribution in [3.63, 3.8) is 0 Å². The van der Waals surface area contributed by atoms with Gasteiger partial charge in [-0.15, -0.1) is 0 Å². The second-order valence-corrected chi connectivity index (χ2v) is 5.83. The molecule has 24 heavy (non-hydrogen) atoms. The summed E-state index contributed by atoms with van der Waals surface area (Å²) in [7, 11) is 0. The van der Waals surface area contributed by atoms with E-state index in [1.54, 1.807) is 12.5 Å². The van der Waals surface area contributed by atoms with E-state index in [0.29, 0.717) is 12.2 Å². The van der Waals surface area contributed by atoms with E-state index in [2.05, 4.69) is 25.8 Å². The molecule has 3 heterocycles. The highest BCUT2D eigenvalue weighted by Gasteiger charge is 2.15. The van der Waals surface area contributed by atoms with Gasteiger partial charge in [-0.3, -0.25) is 4.98 Å². The Morgan fingerprint density at radius 2 is 2.04 bits per heavy atom. The molecular formula is C18H17N5O. The number of hydrogen-bond donors (Lipinski definition) is 1. The van der Waals surface area contributed by atoms with Gasteiger partial charge in [0.05, 0.1) is 35.5 Å². The lowest BCUT2D eigenvalue weighted by Crippen LogP contribution is -2.00. The smallest absolute Gasteiger partial charge is 0.141 e. The Morgan fingerprint density at radius 1 is 1.17 bits per heavy atom. The number of rotatable bonds is 3. The third-order valence-electron chi connectivity index (χ3n) is 4.14. The molecule has 0 saturated heterocycles. The van der Waals surface area contributed by atoms with Gasteiger partial charge in [0.1, 0.15) is 11.3 Å². The van der Waals surface area contributed by atoms with Crippen LogP contribution in [0.2, 0.25) is 0 Å². The first-order valence-electron chi connectivity index (χ1n) is 7.71. The van der Waals surface area contributed by atoms with Crippen molar-refractivity contribution >= 4 is 16.7 Å². The molecule has 4 aromatic rings. The molecule has 0 amide bonds. The highest BCUT2D eigenvalue weighted by atomic mass is 16.5. The second kappa shape index (κ2) is 5.49. The van der Waals surface area contributed by atoms with Crippen LogP contribution in [0.3, 0.4) is 0 Å². The standard InChI is InChI=1S/C18H17N5O/c1-11-17(12(2)24-22-11)13-7-15(19)18-16(8-13)23(10-21-18)9-14-5-3-4-6-20-14/h3-8,10H,9,19H2,1-2H3. The maximum Gasteiger partial charge on any atom is 0.141 e. The van der Waals surface area contributed by atoms with Gasteiger partial charge in [-0.05, 0) is 43.7 Å². The van der Waals surface area contributed by atoms with Crippen molar-refractivity contribution in [3.8, 4) is 11.1 Å². The minimum absolute atomic E-state index is 0.641. The third-order valence-corrected chi connectivity index (χ3v) is 4.14. The van der Waals surface area contributed by atoms with Gasteiger partial charge in [-0.2, -0.15) is 0 Å². The Kier molecular flexibility index (Phi) is 3.30. The fourth-order valence-electron chi connectivity index (χ4n) is 3.02. The molecule has 0 radical (unpaired) electrons. The SMILES string of the molecule is Cc1noc(C)c1-c1cc(N)c2ncn(Cc3ccccn3)c2c1. The molecule has 4 rings (SSSR count). The number of benzene rings is 1. The molecule has 3 aromatic heterocycles. The number of aryl methyl sites for hydroxylation is 2. The lowest BCUT2D eigenvalue weighted by molar-refractivity contribution is 0.393. The molecule has 0 aliphatic heterocycles. The van der Waals surface area contributed by atoms with E-state index < -0.39 is 0 Å². The average Bonchev–Trinajstić information content (AvgIpc) is 3.12. The van der Waals surface area contributed by atoms with Crippen LogP contribution in [0.15, 0.2) is 47.4 Å². The summed E-state index contributed by atoms with van der Waals surface area (Å²) < 4.78 is 7.34. The van der Waals surface area contributed by atoms with Crippen LogP contribution in [0.25, 0.3) is 22.2 Å². The topological polar surface area (TPSA) is 82.8 Å². The largest absolute Gasteiger partial charge is 0.397 e. The normalized spacial score (nSPS) is 11.2. The van der Waals surface area contributed by atoms with E-state index in [1.807, 2.05) is 38.1 Å². The summed E-state index contributed by atoms with van der Waals surface area (Å²) in [5, 5.41) is 4.03. The molecule has 2 N–H and O–H groups in total. The predicted octanol–water partition coefficient (Wildman–Crippen LogP) is 3.33. The third kappa shape index (κ3) is 2.32. The molecule has 0 bridgehead atoms. The van der Waals surface area contributed by atoms with Crippen LogP contribution in [0.1, 0.15) is 17.1 Å². The lowest BCUT2D eigenvalue weighted by atomic mass is 10.0. The van der Waals surface area contributed by atoms with E-state index in [9.17, 15) is 0 Å². The summed E-state index contributed by atoms with van der Waals surface area (Å²) in [5.74, 6) is 0.780. The number of anilines is 1. The van der Waals surface area contributed by atoms with Crippen molar-refractivity contribution in [2.24, 2.45) is 0 Å². The lowest BCUT2D eigenvalue weighted by Gasteiger charge is -2.07. The molecule has 0 spiro atoms. The van der Waals surface area contributed by atoms with Crippen LogP contribution < -0.4 is 5.73 Å². The monoisotopic (exact) mass is 319 g/mol. The van der Waals surface area contributed by atoms with Gasteiger partial charge in [-0.1, -0.05) is 11.2 Å². The Labute approximate surface area is 138 Å². The van der Waals surface area contributed by atoms with Crippen LogP contribution in [0, 0.1) is 13.8 Å². The maximum atomic E-state index is 6.23. The van der Waals surface area contributed by atoms with Crippen molar-refractivity contribution in [1.29, 1.82) is 0 Å². The summed E-state index contributed by atoms with van der Waals surface area (Å²) in [6, 6.07) is 9.88. The molecule has 1 aromatic carbocycles. The van der Waals surface area contributed by atoms with Crippen molar-refractivity contribution in [2.75, 3.05) is 5.73 Å². The molecule has 6 nitrogen and oxygen atoms in total. The molecule has 0 atom stereocenters. The van der Waals surface area contributed by atoms with E-state index in [1.165, 1.54) is 0 Å². The number of imidazole rings is 1. The second-order valence-electron chi connectivity index (χ2n) is 5.83. The van der Waals surface area contributed by atoms with Gasteiger partial charge in [0.15, 0.2) is 0 Å². The Bertz CT molecular complexity index is 997. The summed E-state index contributed by atoms with van der Waals surface area (Å²) in [6.45, 7) is 4.47. The highest BCUT2D eigenvalue weighted by Crippen LogP contribution is 2.32. The molecule has 0 aliphatic rings. The van der Waals surface area contributed by atoms with Crippen molar-refractivity contribution < 1.29 is 4.52 Å². The van der Waals surface area contributed by atoms with E-state index in [0.717, 1.165) is 39.3 Å². The van der Waals surface area contributed by atoms with E-state index in [-0.39, 0.29) is 0 Å². The first-order chi connectivity index (χ1) is 11.6. The zero-order chi connectivity index (χ0) is 16.7. The van der Waals surface area contributed by atoms with E-state index >= 15 is 0 Å². The van der Waals surface area contributed by atoms with Gasteiger partial charge >= 0.3 is 0 Å². The van der Waals surface area contributed by atoms with Gasteiger partial charge in [0, 0.05) is 11.8 Å². The average molecular weight is 319 g/mol. The maximum absolute atomic E-state index is 6.23. The molecule has 0 fully saturated rings. The zero-order valence-corrected chi connectivity index (χ0v) is 13.5. The fourth-order valence-corrected chi connectivity index (χ4v) is 3.02. The van der Waals surface area contributed by atoms with Gasteiger partial charge in [-0.25, -0.2) is 4.98 Å². The van der Waals surface area contributed by atoms with Crippen LogP contribution in [-0.2, 0) is 6.54 Å². The molecule has 0 unspecified atom stereocenters. The van der Waals surface area contributed by atoms with Crippen molar-refractivity contribution in [1.82, 2.24) is 19.7 Å². The van der Waals surface area contributed by atoms with Crippen molar-refractivity contribution in [2.45, 2.75) is 20.4 Å². The summed E-state index contributed by atoms with van der Waals surface area (Å²) >= 11 is 0. The number of nitrogens with zero attached hydrogens (tertiary/aromatic N) is 4. The predicted molar refractivity (Wildman–Crippen MR) is 92.5 cm³/mol. The first kappa shape index (κ1) is 14.4. The number of nitrogen functional groups attached to an aromatic ring is 1. The van der Waals surface area contributed by atoms with Crippen LogP contribution in [0.5, 0.6) is 0 Å². The van der Waals surface area contributed by atoms with Crippen LogP contribution in [-0.4, -0.2) is 19.7 Å². The summed E-state index contributed by atoms with van der Waals surface area (Å²) in [4.78, 5) is 8.83. The van der Waals surface area contributed by atoms with E-state index in [4.69, 9.17) is 10.3 Å². The number of pyridine rings is 1. The van der Waals surface area contributed by atoms with Crippen LogP contribution >= 0.6 is 0 Å². The summed E-state index contributed by atoms with van der Waals surface area (Å²) in [5.41, 5.74) is 12.4. The molecule has 6 heteroatoms. The Hall–Kier alpha value is -3.15. The molecule has 120 valence electrons. The van der Waals surface area contributed by atoms with Gasteiger partial charge in [0.25, 0.3) is 0 Å². The highest BCUT2D eigenvalue weighted by molar-refractivity contribution is 5.92. The van der Waals surface area contributed by atoms with Crippen molar-refractivity contribution in [3.05, 3.63) is 60.0 Å². The fraction of sp³-hybridized carbons (Fsp3) is 0.167. The number of hydrogen-bond acceptors (Lipinski definition) is 5. The molecule has 0 saturated carbocycles. The first-order valence-corrected chi connectivity index (χ1v) is 7.71. The van der Waals surface area contributed by atoms with Crippen LogP contribution in [0.4, 0.5) is 5.69 Å². The Balaban J connectivity index is 1.86. The zero-order valence-electron chi connectivity index (χ0n) is 13.5. The quantitative estimate of drug-likeness (QED) is 0.586. The molecular weight excluding hydrogens is 302 g/mol. The van der Waals surface area contributed by atoms with Gasteiger partial charge in [0.2, 0.25) is 0 Å². The number of fused-ring (bicyclic) bond motifs is 1. The molecule has 0 aliphatic carbocycles. The minimum Gasteiger partial charge on any atom is -0.397 e.